The molecule has 0 aromatic heterocycles. The molecule has 0 aliphatic rings. The van der Waals surface area contributed by atoms with E-state index >= 15 is 0 Å². The van der Waals surface area contributed by atoms with Gasteiger partial charge in [0.2, 0.25) is 6.23 Å². The number of carbonyl (C=O) groups is 1. The fourth-order valence-electron chi connectivity index (χ4n) is 1.22. The third-order valence-electron chi connectivity index (χ3n) is 2.03. The lowest BCUT2D eigenvalue weighted by atomic mass is 10.2. The number of nitrogens with zero attached hydrogens (tertiary/aromatic N) is 2. The van der Waals surface area contributed by atoms with Crippen molar-refractivity contribution >= 4 is 29.1 Å². The maximum absolute atomic E-state index is 11.8. The van der Waals surface area contributed by atoms with Crippen molar-refractivity contribution in [1.82, 2.24) is 5.32 Å². The molecule has 0 saturated carbocycles. The molecule has 1 N–H and O–H groups in total. The third-order valence-corrected chi connectivity index (χ3v) is 2.46. The first-order chi connectivity index (χ1) is 8.96. The van der Waals surface area contributed by atoms with Crippen LogP contribution in [0.25, 0.3) is 0 Å². The number of rotatable bonds is 4. The summed E-state index contributed by atoms with van der Waals surface area (Å²) in [4.78, 5) is 11.8. The van der Waals surface area contributed by atoms with Crippen molar-refractivity contribution in [3.8, 4) is 12.1 Å². The lowest BCUT2D eigenvalue weighted by Gasteiger charge is -2.14. The van der Waals surface area contributed by atoms with E-state index in [2.05, 4.69) is 5.32 Å². The molecule has 0 aliphatic heterocycles. The van der Waals surface area contributed by atoms with Gasteiger partial charge < -0.3 is 10.1 Å². The zero-order valence-corrected chi connectivity index (χ0v) is 11.4. The van der Waals surface area contributed by atoms with Gasteiger partial charge in [0.15, 0.2) is 0 Å². The first-order valence-corrected chi connectivity index (χ1v) is 5.93. The van der Waals surface area contributed by atoms with Crippen LogP contribution in [0.3, 0.4) is 0 Å². The maximum Gasteiger partial charge on any atom is 0.254 e. The molecular weight excluding hydrogens is 289 g/mol. The fraction of sp³-hybridized carbons (Fsp3) is 0.250. The summed E-state index contributed by atoms with van der Waals surface area (Å²) in [5.41, 5.74) is 0.200. The second kappa shape index (κ2) is 6.96. The summed E-state index contributed by atoms with van der Waals surface area (Å²) in [5.74, 6) is -0.568. The van der Waals surface area contributed by atoms with Gasteiger partial charge in [0.05, 0.1) is 6.07 Å². The molecule has 0 bridgehead atoms. The number of benzene rings is 1. The van der Waals surface area contributed by atoms with E-state index in [1.807, 2.05) is 0 Å². The summed E-state index contributed by atoms with van der Waals surface area (Å²) in [7, 11) is 0. The first-order valence-electron chi connectivity index (χ1n) is 5.18. The molecule has 0 aliphatic carbocycles. The highest BCUT2D eigenvalue weighted by molar-refractivity contribution is 6.35. The Labute approximate surface area is 120 Å². The average Bonchev–Trinajstić information content (AvgIpc) is 2.36. The largest absolute Gasteiger partial charge is 0.327 e. The molecule has 19 heavy (non-hydrogen) atoms. The Hall–Kier alpha value is -1.79. The van der Waals surface area contributed by atoms with E-state index in [-0.39, 0.29) is 5.56 Å². The number of hydrogen-bond donors (Lipinski definition) is 1. The molecule has 0 heterocycles. The van der Waals surface area contributed by atoms with Crippen LogP contribution >= 0.6 is 23.2 Å². The Morgan fingerprint density at radius 3 is 2.32 bits per heavy atom. The van der Waals surface area contributed by atoms with Gasteiger partial charge in [0.1, 0.15) is 12.2 Å². The normalized spacial score (nSPS) is 12.9. The minimum Gasteiger partial charge on any atom is -0.327 e. The topological polar surface area (TPSA) is 85.9 Å². The second-order valence-electron chi connectivity index (χ2n) is 3.55. The van der Waals surface area contributed by atoms with Crippen LogP contribution in [0.4, 0.5) is 0 Å². The highest BCUT2D eigenvalue weighted by Gasteiger charge is 2.16. The molecular formula is C12H9Cl2N3O2. The van der Waals surface area contributed by atoms with Crippen LogP contribution in [-0.2, 0) is 4.74 Å². The maximum atomic E-state index is 11.8. The molecule has 1 amide bonds. The van der Waals surface area contributed by atoms with Crippen LogP contribution in [0.5, 0.6) is 0 Å². The van der Waals surface area contributed by atoms with Gasteiger partial charge in [-0.1, -0.05) is 23.2 Å². The highest BCUT2D eigenvalue weighted by atomic mass is 35.5. The molecule has 2 unspecified atom stereocenters. The average molecular weight is 298 g/mol. The van der Waals surface area contributed by atoms with Crippen molar-refractivity contribution in [2.24, 2.45) is 0 Å². The van der Waals surface area contributed by atoms with Crippen LogP contribution in [0, 0.1) is 22.7 Å². The van der Waals surface area contributed by atoms with Crippen LogP contribution in [0.15, 0.2) is 18.2 Å². The number of ether oxygens (including phenoxy) is 1. The van der Waals surface area contributed by atoms with Crippen LogP contribution in [0.1, 0.15) is 17.3 Å². The molecule has 0 fully saturated rings. The number of hydrogen-bond acceptors (Lipinski definition) is 4. The highest BCUT2D eigenvalue weighted by Crippen LogP contribution is 2.19. The van der Waals surface area contributed by atoms with Crippen molar-refractivity contribution in [1.29, 1.82) is 10.5 Å². The van der Waals surface area contributed by atoms with E-state index in [4.69, 9.17) is 38.5 Å². The van der Waals surface area contributed by atoms with Crippen LogP contribution < -0.4 is 5.32 Å². The number of halogens is 2. The van der Waals surface area contributed by atoms with Crippen LogP contribution in [-0.4, -0.2) is 18.2 Å². The monoisotopic (exact) mass is 297 g/mol. The quantitative estimate of drug-likeness (QED) is 0.865. The van der Waals surface area contributed by atoms with Crippen molar-refractivity contribution in [3.63, 3.8) is 0 Å². The van der Waals surface area contributed by atoms with Gasteiger partial charge in [-0.2, -0.15) is 10.5 Å². The summed E-state index contributed by atoms with van der Waals surface area (Å²) in [6.45, 7) is 1.47. The molecule has 0 radical (unpaired) electrons. The predicted molar refractivity (Wildman–Crippen MR) is 69.5 cm³/mol. The predicted octanol–water partition coefficient (Wildman–Crippen LogP) is 2.50. The molecule has 1 aromatic carbocycles. The van der Waals surface area contributed by atoms with Gasteiger partial charge in [-0.3, -0.25) is 4.79 Å². The molecule has 7 heteroatoms. The van der Waals surface area contributed by atoms with Crippen LogP contribution in [0.2, 0.25) is 10.0 Å². The molecule has 1 rings (SSSR count). The Morgan fingerprint density at radius 1 is 1.26 bits per heavy atom. The standard InChI is InChI=1S/C12H9Cl2N3O2/c1-7(5-15)19-11(6-16)17-12(18)8-2-9(13)4-10(14)3-8/h2-4,7,11H,1H3,(H,17,18). The number of amides is 1. The molecule has 2 atom stereocenters. The summed E-state index contributed by atoms with van der Waals surface area (Å²) < 4.78 is 4.98. The number of nitrogens with one attached hydrogen (secondary N) is 1. The SMILES string of the molecule is CC(C#N)OC(C#N)NC(=O)c1cc(Cl)cc(Cl)c1. The van der Waals surface area contributed by atoms with Crippen molar-refractivity contribution in [2.45, 2.75) is 19.3 Å². The Bertz CT molecular complexity index is 543. The van der Waals surface area contributed by atoms with Gasteiger partial charge in [0, 0.05) is 15.6 Å². The molecule has 0 spiro atoms. The Balaban J connectivity index is 2.78. The zero-order chi connectivity index (χ0) is 14.4. The van der Waals surface area contributed by atoms with Gasteiger partial charge >= 0.3 is 0 Å². The first kappa shape index (κ1) is 15.3. The minimum atomic E-state index is -1.22. The third kappa shape index (κ3) is 4.76. The van der Waals surface area contributed by atoms with E-state index in [1.54, 1.807) is 12.1 Å². The van der Waals surface area contributed by atoms with E-state index < -0.39 is 18.2 Å². The van der Waals surface area contributed by atoms with E-state index in [1.165, 1.54) is 25.1 Å². The Morgan fingerprint density at radius 2 is 1.84 bits per heavy atom. The van der Waals surface area contributed by atoms with Gasteiger partial charge in [-0.05, 0) is 25.1 Å². The smallest absolute Gasteiger partial charge is 0.254 e. The van der Waals surface area contributed by atoms with Gasteiger partial charge in [-0.25, -0.2) is 0 Å². The number of nitriles is 2. The number of carbonyl (C=O) groups excluding carboxylic acids is 1. The van der Waals surface area contributed by atoms with Gasteiger partial charge in [-0.15, -0.1) is 0 Å². The van der Waals surface area contributed by atoms with Crippen molar-refractivity contribution in [3.05, 3.63) is 33.8 Å². The fourth-order valence-corrected chi connectivity index (χ4v) is 1.74. The van der Waals surface area contributed by atoms with Crippen molar-refractivity contribution in [2.75, 3.05) is 0 Å². The van der Waals surface area contributed by atoms with E-state index in [0.717, 1.165) is 0 Å². The van der Waals surface area contributed by atoms with Crippen molar-refractivity contribution < 1.29 is 9.53 Å². The summed E-state index contributed by atoms with van der Waals surface area (Å²) in [6, 6.07) is 7.82. The second-order valence-corrected chi connectivity index (χ2v) is 4.42. The summed E-state index contributed by atoms with van der Waals surface area (Å²) >= 11 is 11.5. The van der Waals surface area contributed by atoms with E-state index in [9.17, 15) is 4.79 Å². The molecule has 1 aromatic rings. The van der Waals surface area contributed by atoms with E-state index in [0.29, 0.717) is 10.0 Å². The summed E-state index contributed by atoms with van der Waals surface area (Å²) in [6.07, 6.45) is -2.03. The molecule has 98 valence electrons. The minimum absolute atomic E-state index is 0.200. The zero-order valence-electron chi connectivity index (χ0n) is 9.85. The Kier molecular flexibility index (Phi) is 5.59. The lowest BCUT2D eigenvalue weighted by molar-refractivity contribution is 0.0367. The molecule has 5 nitrogen and oxygen atoms in total. The summed E-state index contributed by atoms with van der Waals surface area (Å²) in [5, 5.41) is 20.3. The van der Waals surface area contributed by atoms with Gasteiger partial charge in [0.25, 0.3) is 5.91 Å². The molecule has 0 saturated heterocycles. The lowest BCUT2D eigenvalue weighted by Crippen LogP contribution is -2.37.